The lowest BCUT2D eigenvalue weighted by Crippen LogP contribution is -2.37. The SMILES string of the molecule is CCC(NC(C)c1cccc(OC(C)(C)C(=O)O)c1)c1nc2ccccc2o1. The topological polar surface area (TPSA) is 84.6 Å². The summed E-state index contributed by atoms with van der Waals surface area (Å²) in [5.74, 6) is 0.175. The average Bonchev–Trinajstić information content (AvgIpc) is 3.09. The lowest BCUT2D eigenvalue weighted by atomic mass is 10.1. The number of nitrogens with zero attached hydrogens (tertiary/aromatic N) is 1. The smallest absolute Gasteiger partial charge is 0.347 e. The molecule has 0 radical (unpaired) electrons. The van der Waals surface area contributed by atoms with Crippen LogP contribution in [0.1, 0.15) is 57.7 Å². The van der Waals surface area contributed by atoms with E-state index in [-0.39, 0.29) is 12.1 Å². The van der Waals surface area contributed by atoms with Gasteiger partial charge >= 0.3 is 5.97 Å². The average molecular weight is 382 g/mol. The summed E-state index contributed by atoms with van der Waals surface area (Å²) in [4.78, 5) is 15.9. The highest BCUT2D eigenvalue weighted by atomic mass is 16.5. The molecule has 0 aliphatic heterocycles. The van der Waals surface area contributed by atoms with Crippen molar-refractivity contribution in [3.05, 3.63) is 60.0 Å². The van der Waals surface area contributed by atoms with Gasteiger partial charge in [0.05, 0.1) is 6.04 Å². The molecule has 2 unspecified atom stereocenters. The van der Waals surface area contributed by atoms with Crippen LogP contribution in [-0.2, 0) is 4.79 Å². The Morgan fingerprint density at radius 2 is 2.00 bits per heavy atom. The van der Waals surface area contributed by atoms with Crippen molar-refractivity contribution in [2.75, 3.05) is 0 Å². The molecule has 6 heteroatoms. The highest BCUT2D eigenvalue weighted by molar-refractivity contribution is 5.76. The molecule has 0 aliphatic rings. The number of ether oxygens (including phenoxy) is 1. The minimum Gasteiger partial charge on any atom is -0.478 e. The lowest BCUT2D eigenvalue weighted by molar-refractivity contribution is -0.152. The molecule has 28 heavy (non-hydrogen) atoms. The number of aliphatic carboxylic acids is 1. The highest BCUT2D eigenvalue weighted by Crippen LogP contribution is 2.27. The Labute approximate surface area is 164 Å². The number of hydrogen-bond donors (Lipinski definition) is 2. The molecule has 2 N–H and O–H groups in total. The van der Waals surface area contributed by atoms with Crippen molar-refractivity contribution in [2.24, 2.45) is 0 Å². The van der Waals surface area contributed by atoms with Gasteiger partial charge in [-0.3, -0.25) is 5.32 Å². The number of carboxylic acids is 1. The summed E-state index contributed by atoms with van der Waals surface area (Å²) in [6.07, 6.45) is 0.819. The van der Waals surface area contributed by atoms with E-state index in [0.717, 1.165) is 23.1 Å². The number of carbonyl (C=O) groups is 1. The number of aromatic nitrogens is 1. The summed E-state index contributed by atoms with van der Waals surface area (Å²) in [5.41, 5.74) is 1.32. The van der Waals surface area contributed by atoms with Crippen molar-refractivity contribution >= 4 is 17.1 Å². The molecule has 0 aliphatic carbocycles. The third-order valence-electron chi connectivity index (χ3n) is 4.71. The van der Waals surface area contributed by atoms with Crippen molar-refractivity contribution in [3.8, 4) is 5.75 Å². The summed E-state index contributed by atoms with van der Waals surface area (Å²) in [6, 6.07) is 15.1. The van der Waals surface area contributed by atoms with Gasteiger partial charge in [-0.15, -0.1) is 0 Å². The first-order valence-electron chi connectivity index (χ1n) is 9.44. The van der Waals surface area contributed by atoms with Crippen LogP contribution in [0.25, 0.3) is 11.1 Å². The molecule has 2 atom stereocenters. The maximum atomic E-state index is 11.3. The Bertz CT molecular complexity index is 931. The van der Waals surface area contributed by atoms with E-state index in [9.17, 15) is 9.90 Å². The predicted octanol–water partition coefficient (Wildman–Crippen LogP) is 4.87. The zero-order valence-electron chi connectivity index (χ0n) is 16.6. The van der Waals surface area contributed by atoms with Gasteiger partial charge in [-0.1, -0.05) is 31.2 Å². The Kier molecular flexibility index (Phi) is 5.70. The van der Waals surface area contributed by atoms with Gasteiger partial charge in [0, 0.05) is 6.04 Å². The maximum Gasteiger partial charge on any atom is 0.347 e. The molecule has 3 aromatic rings. The van der Waals surface area contributed by atoms with Gasteiger partial charge < -0.3 is 14.3 Å². The van der Waals surface area contributed by atoms with E-state index in [1.165, 1.54) is 13.8 Å². The van der Waals surface area contributed by atoms with E-state index in [1.54, 1.807) is 6.07 Å². The first-order valence-corrected chi connectivity index (χ1v) is 9.44. The molecule has 0 fully saturated rings. The van der Waals surface area contributed by atoms with Crippen molar-refractivity contribution in [1.82, 2.24) is 10.3 Å². The molecule has 0 spiro atoms. The van der Waals surface area contributed by atoms with Gasteiger partial charge in [-0.05, 0) is 57.0 Å². The van der Waals surface area contributed by atoms with E-state index < -0.39 is 11.6 Å². The zero-order valence-corrected chi connectivity index (χ0v) is 16.6. The predicted molar refractivity (Wildman–Crippen MR) is 107 cm³/mol. The lowest BCUT2D eigenvalue weighted by Gasteiger charge is -2.24. The number of benzene rings is 2. The third kappa shape index (κ3) is 4.34. The second-order valence-corrected chi connectivity index (χ2v) is 7.36. The van der Waals surface area contributed by atoms with Crippen LogP contribution in [0, 0.1) is 0 Å². The molecule has 148 valence electrons. The molecule has 0 amide bonds. The molecule has 2 aromatic carbocycles. The number of para-hydroxylation sites is 2. The number of hydrogen-bond acceptors (Lipinski definition) is 5. The van der Waals surface area contributed by atoms with Crippen molar-refractivity contribution in [3.63, 3.8) is 0 Å². The largest absolute Gasteiger partial charge is 0.478 e. The van der Waals surface area contributed by atoms with Gasteiger partial charge in [-0.25, -0.2) is 9.78 Å². The monoisotopic (exact) mass is 382 g/mol. The maximum absolute atomic E-state index is 11.3. The molecular weight excluding hydrogens is 356 g/mol. The first-order chi connectivity index (χ1) is 13.3. The van der Waals surface area contributed by atoms with Crippen molar-refractivity contribution < 1.29 is 19.1 Å². The Hall–Kier alpha value is -2.86. The van der Waals surface area contributed by atoms with Crippen molar-refractivity contribution in [1.29, 1.82) is 0 Å². The summed E-state index contributed by atoms with van der Waals surface area (Å²) in [5, 5.41) is 12.8. The van der Waals surface area contributed by atoms with Crippen molar-refractivity contribution in [2.45, 2.75) is 51.8 Å². The number of nitrogens with one attached hydrogen (secondary N) is 1. The van der Waals surface area contributed by atoms with Crippen LogP contribution in [0.2, 0.25) is 0 Å². The van der Waals surface area contributed by atoms with Gasteiger partial charge in [0.1, 0.15) is 11.3 Å². The van der Waals surface area contributed by atoms with Gasteiger partial charge in [0.15, 0.2) is 11.2 Å². The van der Waals surface area contributed by atoms with Crippen LogP contribution >= 0.6 is 0 Å². The van der Waals surface area contributed by atoms with E-state index in [2.05, 4.69) is 17.2 Å². The quantitative estimate of drug-likeness (QED) is 0.578. The summed E-state index contributed by atoms with van der Waals surface area (Å²) in [7, 11) is 0. The molecule has 1 aromatic heterocycles. The summed E-state index contributed by atoms with van der Waals surface area (Å²) >= 11 is 0. The van der Waals surface area contributed by atoms with Gasteiger partial charge in [0.2, 0.25) is 5.89 Å². The Morgan fingerprint density at radius 3 is 2.68 bits per heavy atom. The Balaban J connectivity index is 1.76. The number of fused-ring (bicyclic) bond motifs is 1. The number of rotatable bonds is 8. The second-order valence-electron chi connectivity index (χ2n) is 7.36. The number of carboxylic acid groups (broad SMARTS) is 1. The molecule has 0 saturated heterocycles. The summed E-state index contributed by atoms with van der Waals surface area (Å²) in [6.45, 7) is 7.19. The first kappa shape index (κ1) is 19.9. The summed E-state index contributed by atoms with van der Waals surface area (Å²) < 4.78 is 11.6. The van der Waals surface area contributed by atoms with E-state index in [1.807, 2.05) is 49.4 Å². The van der Waals surface area contributed by atoms with Crippen LogP contribution in [-0.4, -0.2) is 21.7 Å². The van der Waals surface area contributed by atoms with E-state index in [4.69, 9.17) is 9.15 Å². The normalized spacial score (nSPS) is 14.0. The van der Waals surface area contributed by atoms with Crippen LogP contribution in [0.15, 0.2) is 52.9 Å². The third-order valence-corrected chi connectivity index (χ3v) is 4.71. The van der Waals surface area contributed by atoms with Crippen LogP contribution in [0.5, 0.6) is 5.75 Å². The Morgan fingerprint density at radius 1 is 1.25 bits per heavy atom. The molecule has 1 heterocycles. The van der Waals surface area contributed by atoms with Gasteiger partial charge in [0.25, 0.3) is 0 Å². The molecule has 0 saturated carbocycles. The second kappa shape index (κ2) is 8.02. The molecule has 0 bridgehead atoms. The standard InChI is InChI=1S/C22H26N2O4/c1-5-17(20-24-18-11-6-7-12-19(18)27-20)23-14(2)15-9-8-10-16(13-15)28-22(3,4)21(25)26/h6-14,17,23H,5H2,1-4H3,(H,25,26). The zero-order chi connectivity index (χ0) is 20.3. The van der Waals surface area contributed by atoms with E-state index in [0.29, 0.717) is 11.6 Å². The fourth-order valence-electron chi connectivity index (χ4n) is 2.99. The molecule has 6 nitrogen and oxygen atoms in total. The van der Waals surface area contributed by atoms with Crippen LogP contribution in [0.4, 0.5) is 0 Å². The van der Waals surface area contributed by atoms with Crippen LogP contribution < -0.4 is 10.1 Å². The minimum absolute atomic E-state index is 0.00328. The fraction of sp³-hybridized carbons (Fsp3) is 0.364. The molecular formula is C22H26N2O4. The van der Waals surface area contributed by atoms with Crippen LogP contribution in [0.3, 0.4) is 0 Å². The number of oxazole rings is 1. The van der Waals surface area contributed by atoms with E-state index >= 15 is 0 Å². The van der Waals surface area contributed by atoms with Gasteiger partial charge in [-0.2, -0.15) is 0 Å². The minimum atomic E-state index is -1.29. The highest BCUT2D eigenvalue weighted by Gasteiger charge is 2.29. The fourth-order valence-corrected chi connectivity index (χ4v) is 2.99. The molecule has 3 rings (SSSR count).